The van der Waals surface area contributed by atoms with Crippen molar-refractivity contribution in [2.24, 2.45) is 0 Å². The molecule has 0 spiro atoms. The number of rotatable bonds is 6. The highest BCUT2D eigenvalue weighted by Gasteiger charge is 2.12. The number of benzene rings is 3. The van der Waals surface area contributed by atoms with Gasteiger partial charge in [-0.1, -0.05) is 72.4 Å². The van der Waals surface area contributed by atoms with Gasteiger partial charge in [-0.25, -0.2) is 9.50 Å². The van der Waals surface area contributed by atoms with Gasteiger partial charge in [-0.15, -0.1) is 0 Å². The van der Waals surface area contributed by atoms with Crippen LogP contribution in [0, 0.1) is 0 Å². The summed E-state index contributed by atoms with van der Waals surface area (Å²) in [6.45, 7) is 0. The van der Waals surface area contributed by atoms with Crippen LogP contribution in [0.25, 0.3) is 16.8 Å². The molecule has 0 aliphatic heterocycles. The summed E-state index contributed by atoms with van der Waals surface area (Å²) >= 11 is 1.73. The van der Waals surface area contributed by atoms with E-state index in [4.69, 9.17) is 0 Å². The molecule has 5 heteroatoms. The lowest BCUT2D eigenvalue weighted by Gasteiger charge is -2.05. The average molecular weight is 424 g/mol. The van der Waals surface area contributed by atoms with Crippen LogP contribution in [0.3, 0.4) is 0 Å². The first kappa shape index (κ1) is 19.4. The number of H-pyrrole nitrogens is 1. The predicted molar refractivity (Wildman–Crippen MR) is 126 cm³/mol. The summed E-state index contributed by atoms with van der Waals surface area (Å²) in [5.41, 5.74) is 4.49. The van der Waals surface area contributed by atoms with Gasteiger partial charge in [-0.3, -0.25) is 9.89 Å². The molecule has 2 aromatic heterocycles. The van der Waals surface area contributed by atoms with Crippen LogP contribution in [0.4, 0.5) is 0 Å². The van der Waals surface area contributed by atoms with Crippen molar-refractivity contribution in [3.05, 3.63) is 119 Å². The zero-order valence-electron chi connectivity index (χ0n) is 16.9. The van der Waals surface area contributed by atoms with Crippen molar-refractivity contribution in [2.75, 3.05) is 0 Å². The van der Waals surface area contributed by atoms with Crippen molar-refractivity contribution in [2.45, 2.75) is 22.6 Å². The number of hydrogen-bond donors (Lipinski definition) is 1. The molecule has 31 heavy (non-hydrogen) atoms. The maximum absolute atomic E-state index is 12.9. The average Bonchev–Trinajstić information content (AvgIpc) is 3.26. The normalized spacial score (nSPS) is 11.1. The lowest BCUT2D eigenvalue weighted by atomic mass is 10.1. The van der Waals surface area contributed by atoms with Gasteiger partial charge >= 0.3 is 0 Å². The lowest BCUT2D eigenvalue weighted by molar-refractivity contribution is 0.843. The van der Waals surface area contributed by atoms with E-state index in [1.54, 1.807) is 22.5 Å². The summed E-state index contributed by atoms with van der Waals surface area (Å²) in [5.74, 6) is 0. The Labute approximate surface area is 184 Å². The van der Waals surface area contributed by atoms with Gasteiger partial charge in [0.25, 0.3) is 5.56 Å². The van der Waals surface area contributed by atoms with Crippen molar-refractivity contribution >= 4 is 17.4 Å². The summed E-state index contributed by atoms with van der Waals surface area (Å²) in [4.78, 5) is 19.9. The number of fused-ring (bicyclic) bond motifs is 1. The van der Waals surface area contributed by atoms with Crippen LogP contribution in [0.2, 0.25) is 0 Å². The Bertz CT molecular complexity index is 1360. The van der Waals surface area contributed by atoms with Gasteiger partial charge < -0.3 is 0 Å². The van der Waals surface area contributed by atoms with Crippen molar-refractivity contribution in [1.82, 2.24) is 14.6 Å². The van der Waals surface area contributed by atoms with Crippen molar-refractivity contribution in [1.29, 1.82) is 0 Å². The Morgan fingerprint density at radius 1 is 0.806 bits per heavy atom. The molecular formula is C26H21N3OS. The summed E-state index contributed by atoms with van der Waals surface area (Å²) < 4.78 is 1.54. The standard InChI is InChI=1S/C26H21N3OS/c30-26-21(12-11-19-7-3-1-4-8-19)17-27-25-24(18-28-29(25)26)20-13-15-23(16-14-20)31-22-9-5-2-6-10-22/h1-10,13-18,28H,11-12H2. The van der Waals surface area contributed by atoms with Crippen LogP contribution in [-0.4, -0.2) is 14.6 Å². The molecule has 0 atom stereocenters. The molecule has 0 amide bonds. The lowest BCUT2D eigenvalue weighted by Crippen LogP contribution is -2.20. The monoisotopic (exact) mass is 423 g/mol. The smallest absolute Gasteiger partial charge is 0.275 e. The van der Waals surface area contributed by atoms with E-state index in [0.717, 1.165) is 17.5 Å². The minimum Gasteiger partial charge on any atom is -0.296 e. The van der Waals surface area contributed by atoms with Crippen LogP contribution in [0.1, 0.15) is 11.1 Å². The highest BCUT2D eigenvalue weighted by atomic mass is 32.2. The molecule has 5 aromatic rings. The molecule has 2 heterocycles. The number of nitrogens with one attached hydrogen (secondary N) is 1. The molecule has 3 aromatic carbocycles. The highest BCUT2D eigenvalue weighted by Crippen LogP contribution is 2.30. The number of aryl methyl sites for hydroxylation is 2. The van der Waals surface area contributed by atoms with Gasteiger partial charge in [-0.05, 0) is 48.2 Å². The zero-order valence-corrected chi connectivity index (χ0v) is 17.7. The van der Waals surface area contributed by atoms with E-state index in [0.29, 0.717) is 17.6 Å². The SMILES string of the molecule is O=c1c(CCc2ccccc2)cnc2c(-c3ccc(Sc4ccccc4)cc3)c[nH]n12. The minimum atomic E-state index is -0.0385. The topological polar surface area (TPSA) is 50.2 Å². The number of hydrogen-bond acceptors (Lipinski definition) is 3. The molecular weight excluding hydrogens is 402 g/mol. The fraction of sp³-hybridized carbons (Fsp3) is 0.0769. The van der Waals surface area contributed by atoms with Crippen LogP contribution in [-0.2, 0) is 12.8 Å². The molecule has 0 fully saturated rings. The third kappa shape index (κ3) is 4.18. The molecule has 1 N–H and O–H groups in total. The highest BCUT2D eigenvalue weighted by molar-refractivity contribution is 7.99. The Morgan fingerprint density at radius 2 is 1.48 bits per heavy atom. The molecule has 0 aliphatic carbocycles. The molecule has 0 unspecified atom stereocenters. The van der Waals surface area contributed by atoms with E-state index in [-0.39, 0.29) is 5.56 Å². The first-order valence-electron chi connectivity index (χ1n) is 10.2. The summed E-state index contributed by atoms with van der Waals surface area (Å²) in [7, 11) is 0. The van der Waals surface area contributed by atoms with E-state index >= 15 is 0 Å². The molecule has 4 nitrogen and oxygen atoms in total. The second kappa shape index (κ2) is 8.66. The van der Waals surface area contributed by atoms with Gasteiger partial charge in [0, 0.05) is 33.3 Å². The summed E-state index contributed by atoms with van der Waals surface area (Å²) in [5, 5.41) is 3.08. The van der Waals surface area contributed by atoms with Crippen LogP contribution < -0.4 is 5.56 Å². The Kier molecular flexibility index (Phi) is 5.42. The van der Waals surface area contributed by atoms with E-state index in [2.05, 4.69) is 58.6 Å². The van der Waals surface area contributed by atoms with Crippen LogP contribution in [0.5, 0.6) is 0 Å². The second-order valence-corrected chi connectivity index (χ2v) is 8.51. The minimum absolute atomic E-state index is 0.0385. The summed E-state index contributed by atoms with van der Waals surface area (Å²) in [6, 6.07) is 28.8. The van der Waals surface area contributed by atoms with Crippen LogP contribution >= 0.6 is 11.8 Å². The number of nitrogens with zero attached hydrogens (tertiary/aromatic N) is 2. The quantitative estimate of drug-likeness (QED) is 0.385. The van der Waals surface area contributed by atoms with E-state index < -0.39 is 0 Å². The van der Waals surface area contributed by atoms with Crippen molar-refractivity contribution < 1.29 is 0 Å². The molecule has 0 saturated heterocycles. The number of aromatic amines is 1. The van der Waals surface area contributed by atoms with Gasteiger partial charge in [0.1, 0.15) is 0 Å². The van der Waals surface area contributed by atoms with Gasteiger partial charge in [0.15, 0.2) is 5.65 Å². The van der Waals surface area contributed by atoms with Crippen LogP contribution in [0.15, 0.2) is 112 Å². The second-order valence-electron chi connectivity index (χ2n) is 7.36. The predicted octanol–water partition coefficient (Wildman–Crippen LogP) is 5.63. The third-order valence-corrected chi connectivity index (χ3v) is 6.30. The van der Waals surface area contributed by atoms with Crippen molar-refractivity contribution in [3.63, 3.8) is 0 Å². The van der Waals surface area contributed by atoms with Crippen molar-refractivity contribution in [3.8, 4) is 11.1 Å². The summed E-state index contributed by atoms with van der Waals surface area (Å²) in [6.07, 6.45) is 5.05. The molecule has 5 rings (SSSR count). The Balaban J connectivity index is 1.38. The van der Waals surface area contributed by atoms with E-state index in [1.807, 2.05) is 42.6 Å². The first-order chi connectivity index (χ1) is 15.3. The molecule has 0 aliphatic rings. The molecule has 0 bridgehead atoms. The number of aromatic nitrogens is 3. The van der Waals surface area contributed by atoms with Gasteiger partial charge in [0.2, 0.25) is 0 Å². The zero-order chi connectivity index (χ0) is 21.0. The van der Waals surface area contributed by atoms with Gasteiger partial charge in [-0.2, -0.15) is 0 Å². The fourth-order valence-electron chi connectivity index (χ4n) is 3.63. The maximum Gasteiger partial charge on any atom is 0.275 e. The fourth-order valence-corrected chi connectivity index (χ4v) is 4.47. The third-order valence-electron chi connectivity index (χ3n) is 5.28. The largest absolute Gasteiger partial charge is 0.296 e. The molecule has 152 valence electrons. The Hall–Kier alpha value is -3.57. The van der Waals surface area contributed by atoms with Gasteiger partial charge in [0.05, 0.1) is 0 Å². The van der Waals surface area contributed by atoms with E-state index in [9.17, 15) is 4.79 Å². The first-order valence-corrected chi connectivity index (χ1v) is 11.0. The maximum atomic E-state index is 12.9. The molecule has 0 radical (unpaired) electrons. The molecule has 0 saturated carbocycles. The van der Waals surface area contributed by atoms with E-state index in [1.165, 1.54) is 15.4 Å². The Morgan fingerprint density at radius 3 is 2.23 bits per heavy atom.